The minimum atomic E-state index is 0.871. The maximum Gasteiger partial charge on any atom is 0.0220 e. The first-order valence-electron chi connectivity index (χ1n) is 6.51. The van der Waals surface area contributed by atoms with Crippen molar-refractivity contribution in [2.45, 2.75) is 25.8 Å². The Morgan fingerprint density at radius 2 is 2.24 bits per heavy atom. The van der Waals surface area contributed by atoms with E-state index in [0.717, 1.165) is 19.0 Å². The smallest absolute Gasteiger partial charge is 0.0220 e. The van der Waals surface area contributed by atoms with Crippen molar-refractivity contribution in [3.05, 3.63) is 34.3 Å². The number of halogens is 1. The second-order valence-electron chi connectivity index (χ2n) is 4.77. The van der Waals surface area contributed by atoms with Crippen LogP contribution in [-0.4, -0.2) is 19.6 Å². The van der Waals surface area contributed by atoms with Crippen LogP contribution in [0, 0.1) is 5.92 Å². The van der Waals surface area contributed by atoms with Crippen LogP contribution in [0.5, 0.6) is 0 Å². The van der Waals surface area contributed by atoms with Crippen molar-refractivity contribution in [2.24, 2.45) is 5.92 Å². The van der Waals surface area contributed by atoms with Gasteiger partial charge in [0.05, 0.1) is 0 Å². The molecule has 0 aromatic heterocycles. The molecule has 94 valence electrons. The Balaban J connectivity index is 1.64. The molecular formula is C14H21BrN2. The van der Waals surface area contributed by atoms with Crippen LogP contribution in [0.25, 0.3) is 0 Å². The second-order valence-corrected chi connectivity index (χ2v) is 5.62. The number of nitrogens with one attached hydrogen (secondary N) is 2. The van der Waals surface area contributed by atoms with E-state index in [1.54, 1.807) is 0 Å². The standard InChI is InChI=1S/C14H21BrN2/c15-14-6-2-1-5-13(14)11-17-9-7-12-4-3-8-16-10-12/h1-2,5-6,12,16-17H,3-4,7-11H2. The zero-order valence-corrected chi connectivity index (χ0v) is 11.8. The molecule has 1 heterocycles. The third-order valence-corrected chi connectivity index (χ3v) is 4.18. The molecule has 17 heavy (non-hydrogen) atoms. The van der Waals surface area contributed by atoms with Gasteiger partial charge in [-0.15, -0.1) is 0 Å². The highest BCUT2D eigenvalue weighted by molar-refractivity contribution is 9.10. The fourth-order valence-corrected chi connectivity index (χ4v) is 2.77. The predicted octanol–water partition coefficient (Wildman–Crippen LogP) is 2.93. The Morgan fingerprint density at radius 3 is 3.00 bits per heavy atom. The maximum atomic E-state index is 3.57. The van der Waals surface area contributed by atoms with Crippen molar-refractivity contribution in [3.63, 3.8) is 0 Å². The van der Waals surface area contributed by atoms with Crippen LogP contribution in [0.4, 0.5) is 0 Å². The number of benzene rings is 1. The van der Waals surface area contributed by atoms with Gasteiger partial charge in [0.15, 0.2) is 0 Å². The van der Waals surface area contributed by atoms with E-state index >= 15 is 0 Å². The van der Waals surface area contributed by atoms with Crippen molar-refractivity contribution in [2.75, 3.05) is 19.6 Å². The van der Waals surface area contributed by atoms with Crippen LogP contribution in [-0.2, 0) is 6.54 Å². The van der Waals surface area contributed by atoms with Gasteiger partial charge in [-0.3, -0.25) is 0 Å². The quantitative estimate of drug-likeness (QED) is 0.817. The summed E-state index contributed by atoms with van der Waals surface area (Å²) >= 11 is 3.57. The van der Waals surface area contributed by atoms with Gasteiger partial charge in [0.25, 0.3) is 0 Å². The Morgan fingerprint density at radius 1 is 1.35 bits per heavy atom. The van der Waals surface area contributed by atoms with Crippen molar-refractivity contribution in [1.82, 2.24) is 10.6 Å². The Kier molecular flexibility index (Phi) is 5.49. The predicted molar refractivity (Wildman–Crippen MR) is 76.1 cm³/mol. The van der Waals surface area contributed by atoms with Gasteiger partial charge in [-0.1, -0.05) is 34.1 Å². The summed E-state index contributed by atoms with van der Waals surface area (Å²) in [5.41, 5.74) is 1.34. The molecule has 1 aromatic rings. The monoisotopic (exact) mass is 296 g/mol. The summed E-state index contributed by atoms with van der Waals surface area (Å²) in [5.74, 6) is 0.871. The first kappa shape index (κ1) is 13.1. The molecule has 1 unspecified atom stereocenters. The SMILES string of the molecule is Brc1ccccc1CNCCC1CCCNC1. The zero-order valence-electron chi connectivity index (χ0n) is 10.2. The molecule has 1 saturated heterocycles. The van der Waals surface area contributed by atoms with Crippen molar-refractivity contribution in [1.29, 1.82) is 0 Å². The first-order valence-corrected chi connectivity index (χ1v) is 7.30. The molecule has 2 rings (SSSR count). The Labute approximate surface area is 112 Å². The number of rotatable bonds is 5. The van der Waals surface area contributed by atoms with Crippen LogP contribution in [0.2, 0.25) is 0 Å². The normalized spacial score (nSPS) is 20.4. The number of hydrogen-bond donors (Lipinski definition) is 2. The van der Waals surface area contributed by atoms with E-state index in [-0.39, 0.29) is 0 Å². The molecule has 1 aromatic carbocycles. The van der Waals surface area contributed by atoms with E-state index in [2.05, 4.69) is 50.8 Å². The fraction of sp³-hybridized carbons (Fsp3) is 0.571. The van der Waals surface area contributed by atoms with E-state index in [4.69, 9.17) is 0 Å². The highest BCUT2D eigenvalue weighted by Gasteiger charge is 2.11. The molecule has 1 fully saturated rings. The summed E-state index contributed by atoms with van der Waals surface area (Å²) in [5, 5.41) is 7.00. The molecule has 2 N–H and O–H groups in total. The van der Waals surface area contributed by atoms with Crippen LogP contribution < -0.4 is 10.6 Å². The van der Waals surface area contributed by atoms with Gasteiger partial charge in [-0.05, 0) is 56.4 Å². The average molecular weight is 297 g/mol. The van der Waals surface area contributed by atoms with Crippen LogP contribution in [0.15, 0.2) is 28.7 Å². The molecule has 3 heteroatoms. The molecule has 0 bridgehead atoms. The van der Waals surface area contributed by atoms with Gasteiger partial charge in [-0.25, -0.2) is 0 Å². The van der Waals surface area contributed by atoms with E-state index in [1.165, 1.54) is 42.4 Å². The van der Waals surface area contributed by atoms with Gasteiger partial charge in [0, 0.05) is 11.0 Å². The summed E-state index contributed by atoms with van der Waals surface area (Å²) in [6.45, 7) is 4.49. The maximum absolute atomic E-state index is 3.57. The topological polar surface area (TPSA) is 24.1 Å². The molecule has 0 radical (unpaired) electrons. The number of piperidine rings is 1. The highest BCUT2D eigenvalue weighted by Crippen LogP contribution is 2.16. The molecular weight excluding hydrogens is 276 g/mol. The summed E-state index contributed by atoms with van der Waals surface area (Å²) in [4.78, 5) is 0. The lowest BCUT2D eigenvalue weighted by atomic mass is 9.96. The fourth-order valence-electron chi connectivity index (χ4n) is 2.34. The minimum Gasteiger partial charge on any atom is -0.316 e. The second kappa shape index (κ2) is 7.14. The van der Waals surface area contributed by atoms with E-state index in [0.29, 0.717) is 0 Å². The molecule has 0 saturated carbocycles. The lowest BCUT2D eigenvalue weighted by molar-refractivity contribution is 0.352. The molecule has 1 aliphatic rings. The van der Waals surface area contributed by atoms with Gasteiger partial charge in [0.1, 0.15) is 0 Å². The third kappa shape index (κ3) is 4.41. The van der Waals surface area contributed by atoms with Crippen molar-refractivity contribution >= 4 is 15.9 Å². The molecule has 0 spiro atoms. The lowest BCUT2D eigenvalue weighted by Gasteiger charge is -2.22. The zero-order chi connectivity index (χ0) is 11.9. The van der Waals surface area contributed by atoms with Gasteiger partial charge >= 0.3 is 0 Å². The van der Waals surface area contributed by atoms with Gasteiger partial charge in [-0.2, -0.15) is 0 Å². The Bertz CT molecular complexity index is 335. The largest absolute Gasteiger partial charge is 0.316 e. The summed E-state index contributed by atoms with van der Waals surface area (Å²) in [6.07, 6.45) is 4.02. The van der Waals surface area contributed by atoms with E-state index < -0.39 is 0 Å². The molecule has 0 aliphatic carbocycles. The summed E-state index contributed by atoms with van der Waals surface area (Å²) in [6, 6.07) is 8.41. The van der Waals surface area contributed by atoms with Crippen LogP contribution in [0.1, 0.15) is 24.8 Å². The summed E-state index contributed by atoms with van der Waals surface area (Å²) in [7, 11) is 0. The molecule has 0 amide bonds. The van der Waals surface area contributed by atoms with Gasteiger partial charge in [0.2, 0.25) is 0 Å². The molecule has 1 aliphatic heterocycles. The van der Waals surface area contributed by atoms with Crippen molar-refractivity contribution < 1.29 is 0 Å². The van der Waals surface area contributed by atoms with Crippen molar-refractivity contribution in [3.8, 4) is 0 Å². The minimum absolute atomic E-state index is 0.871. The molecule has 2 nitrogen and oxygen atoms in total. The van der Waals surface area contributed by atoms with Crippen LogP contribution in [0.3, 0.4) is 0 Å². The van der Waals surface area contributed by atoms with E-state index in [9.17, 15) is 0 Å². The first-order chi connectivity index (χ1) is 8.36. The lowest BCUT2D eigenvalue weighted by Crippen LogP contribution is -2.31. The Hall–Kier alpha value is -0.380. The molecule has 1 atom stereocenters. The third-order valence-electron chi connectivity index (χ3n) is 3.40. The highest BCUT2D eigenvalue weighted by atomic mass is 79.9. The summed E-state index contributed by atoms with van der Waals surface area (Å²) < 4.78 is 1.20. The number of hydrogen-bond acceptors (Lipinski definition) is 2. The van der Waals surface area contributed by atoms with Gasteiger partial charge < -0.3 is 10.6 Å². The van der Waals surface area contributed by atoms with E-state index in [1.807, 2.05) is 0 Å². The van der Waals surface area contributed by atoms with Crippen LogP contribution >= 0.6 is 15.9 Å². The average Bonchev–Trinajstić information content (AvgIpc) is 2.38.